The zero-order valence-electron chi connectivity index (χ0n) is 4.00. The second kappa shape index (κ2) is 1.98. The lowest BCUT2D eigenvalue weighted by Crippen LogP contribution is -2.09. The first-order chi connectivity index (χ1) is 3.39. The maximum absolute atomic E-state index is 8.74. The van der Waals surface area contributed by atoms with Crippen LogP contribution in [0.1, 0.15) is 6.42 Å². The molecule has 0 aliphatic carbocycles. The van der Waals surface area contributed by atoms with Gasteiger partial charge in [-0.3, -0.25) is 0 Å². The highest BCUT2D eigenvalue weighted by Crippen LogP contribution is 2.00. The summed E-state index contributed by atoms with van der Waals surface area (Å²) in [7, 11) is 0. The zero-order valence-corrected chi connectivity index (χ0v) is 4.00. The monoisotopic (exact) mass is 100 g/mol. The number of ether oxygens (including phenoxy) is 1. The van der Waals surface area contributed by atoms with E-state index >= 15 is 0 Å². The average molecular weight is 100 g/mol. The molecule has 0 aromatic carbocycles. The maximum atomic E-state index is 8.74. The fraction of sp³-hybridized carbons (Fsp3) is 0.600. The van der Waals surface area contributed by atoms with Gasteiger partial charge in [0.1, 0.15) is 0 Å². The van der Waals surface area contributed by atoms with Gasteiger partial charge in [0, 0.05) is 6.42 Å². The van der Waals surface area contributed by atoms with Gasteiger partial charge < -0.3 is 9.84 Å². The lowest BCUT2D eigenvalue weighted by Gasteiger charge is -2.09. The summed E-state index contributed by atoms with van der Waals surface area (Å²) in [6.07, 6.45) is 3.64. The lowest BCUT2D eigenvalue weighted by atomic mass is 10.2. The molecule has 1 heterocycles. The quantitative estimate of drug-likeness (QED) is 0.474. The number of hydrogen-bond donors (Lipinski definition) is 1. The van der Waals surface area contributed by atoms with Crippen molar-refractivity contribution in [3.63, 3.8) is 0 Å². The molecule has 0 saturated heterocycles. The first kappa shape index (κ1) is 4.65. The molecule has 2 heteroatoms. The maximum Gasteiger partial charge on any atom is 0.0901 e. The molecule has 0 fully saturated rings. The Balaban J connectivity index is 2.36. The van der Waals surface area contributed by atoms with Gasteiger partial charge in [-0.05, 0) is 6.08 Å². The minimum Gasteiger partial charge on any atom is -0.501 e. The number of aliphatic hydroxyl groups excluding tert-OH is 1. The van der Waals surface area contributed by atoms with Crippen LogP contribution in [0.5, 0.6) is 0 Å². The molecule has 1 N–H and O–H groups in total. The third-order valence-corrected chi connectivity index (χ3v) is 0.928. The number of hydrogen-bond acceptors (Lipinski definition) is 2. The van der Waals surface area contributed by atoms with E-state index in [-0.39, 0.29) is 6.10 Å². The van der Waals surface area contributed by atoms with Crippen molar-refractivity contribution in [1.82, 2.24) is 0 Å². The van der Waals surface area contributed by atoms with Crippen LogP contribution < -0.4 is 0 Å². The van der Waals surface area contributed by atoms with Crippen molar-refractivity contribution in [3.8, 4) is 0 Å². The number of rotatable bonds is 0. The molecule has 0 aromatic rings. The molecule has 7 heavy (non-hydrogen) atoms. The summed E-state index contributed by atoms with van der Waals surface area (Å²) in [5.41, 5.74) is 0. The van der Waals surface area contributed by atoms with E-state index in [4.69, 9.17) is 9.84 Å². The van der Waals surface area contributed by atoms with Crippen molar-refractivity contribution in [3.05, 3.63) is 12.3 Å². The Morgan fingerprint density at radius 1 is 1.71 bits per heavy atom. The summed E-state index contributed by atoms with van der Waals surface area (Å²) in [6, 6.07) is 0. The van der Waals surface area contributed by atoms with Crippen molar-refractivity contribution in [2.24, 2.45) is 0 Å². The Labute approximate surface area is 42.4 Å². The minimum absolute atomic E-state index is 0.270. The summed E-state index contributed by atoms with van der Waals surface area (Å²) >= 11 is 0. The third-order valence-electron chi connectivity index (χ3n) is 0.928. The van der Waals surface area contributed by atoms with E-state index in [1.165, 1.54) is 6.26 Å². The van der Waals surface area contributed by atoms with Crippen molar-refractivity contribution in [2.75, 3.05) is 6.61 Å². The van der Waals surface area contributed by atoms with Crippen LogP contribution >= 0.6 is 0 Å². The molecular formula is C5H8O2. The Morgan fingerprint density at radius 3 is 2.86 bits per heavy atom. The van der Waals surface area contributed by atoms with Crippen molar-refractivity contribution in [1.29, 1.82) is 0 Å². The van der Waals surface area contributed by atoms with E-state index in [1.807, 2.05) is 0 Å². The molecule has 0 amide bonds. The largest absolute Gasteiger partial charge is 0.501 e. The third kappa shape index (κ3) is 1.20. The van der Waals surface area contributed by atoms with Crippen LogP contribution in [0.25, 0.3) is 0 Å². The SMILES string of the molecule is O[C@@H]1C=COCC1. The predicted octanol–water partition coefficient (Wildman–Crippen LogP) is 0.281. The minimum atomic E-state index is -0.270. The molecule has 0 saturated carbocycles. The van der Waals surface area contributed by atoms with Gasteiger partial charge in [0.2, 0.25) is 0 Å². The fourth-order valence-corrected chi connectivity index (χ4v) is 0.499. The summed E-state index contributed by atoms with van der Waals surface area (Å²) in [4.78, 5) is 0. The molecule has 1 atom stereocenters. The molecule has 1 aliphatic rings. The molecule has 0 bridgehead atoms. The Bertz CT molecular complexity index is 78.1. The molecule has 40 valence electrons. The summed E-state index contributed by atoms with van der Waals surface area (Å²) < 4.78 is 4.80. The van der Waals surface area contributed by atoms with Gasteiger partial charge in [0.15, 0.2) is 0 Å². The van der Waals surface area contributed by atoms with Gasteiger partial charge in [0.25, 0.3) is 0 Å². The Morgan fingerprint density at radius 2 is 2.57 bits per heavy atom. The van der Waals surface area contributed by atoms with E-state index in [0.29, 0.717) is 6.61 Å². The van der Waals surface area contributed by atoms with E-state index < -0.39 is 0 Å². The van der Waals surface area contributed by atoms with Gasteiger partial charge >= 0.3 is 0 Å². The highest BCUT2D eigenvalue weighted by atomic mass is 16.5. The predicted molar refractivity (Wildman–Crippen MR) is 25.7 cm³/mol. The van der Waals surface area contributed by atoms with Crippen LogP contribution in [0.3, 0.4) is 0 Å². The Kier molecular flexibility index (Phi) is 1.32. The van der Waals surface area contributed by atoms with E-state index in [2.05, 4.69) is 0 Å². The molecule has 1 aliphatic heterocycles. The van der Waals surface area contributed by atoms with Crippen molar-refractivity contribution < 1.29 is 9.84 Å². The van der Waals surface area contributed by atoms with Gasteiger partial charge in [-0.1, -0.05) is 0 Å². The first-order valence-corrected chi connectivity index (χ1v) is 2.36. The van der Waals surface area contributed by atoms with E-state index in [9.17, 15) is 0 Å². The molecule has 0 spiro atoms. The van der Waals surface area contributed by atoms with Crippen LogP contribution in [0.4, 0.5) is 0 Å². The second-order valence-corrected chi connectivity index (χ2v) is 1.56. The first-order valence-electron chi connectivity index (χ1n) is 2.36. The lowest BCUT2D eigenvalue weighted by molar-refractivity contribution is 0.132. The van der Waals surface area contributed by atoms with E-state index in [0.717, 1.165) is 6.42 Å². The highest BCUT2D eigenvalue weighted by molar-refractivity contribution is 4.85. The topological polar surface area (TPSA) is 29.5 Å². The molecule has 0 aromatic heterocycles. The zero-order chi connectivity index (χ0) is 5.11. The van der Waals surface area contributed by atoms with Crippen LogP contribution in [-0.2, 0) is 4.74 Å². The summed E-state index contributed by atoms with van der Waals surface area (Å²) in [5, 5.41) is 8.74. The fourth-order valence-electron chi connectivity index (χ4n) is 0.499. The summed E-state index contributed by atoms with van der Waals surface area (Å²) in [5.74, 6) is 0. The molecule has 1 rings (SSSR count). The smallest absolute Gasteiger partial charge is 0.0901 e. The highest BCUT2D eigenvalue weighted by Gasteiger charge is 2.01. The van der Waals surface area contributed by atoms with Crippen LogP contribution in [0.2, 0.25) is 0 Å². The van der Waals surface area contributed by atoms with Gasteiger partial charge in [-0.15, -0.1) is 0 Å². The van der Waals surface area contributed by atoms with Gasteiger partial charge in [-0.2, -0.15) is 0 Å². The van der Waals surface area contributed by atoms with Crippen molar-refractivity contribution >= 4 is 0 Å². The average Bonchev–Trinajstić information content (AvgIpc) is 1.69. The van der Waals surface area contributed by atoms with Gasteiger partial charge in [0.05, 0.1) is 19.0 Å². The summed E-state index contributed by atoms with van der Waals surface area (Å²) in [6.45, 7) is 0.650. The van der Waals surface area contributed by atoms with Crippen LogP contribution in [0.15, 0.2) is 12.3 Å². The molecule has 0 radical (unpaired) electrons. The van der Waals surface area contributed by atoms with E-state index in [1.54, 1.807) is 6.08 Å². The molecule has 2 nitrogen and oxygen atoms in total. The number of aliphatic hydroxyl groups is 1. The second-order valence-electron chi connectivity index (χ2n) is 1.56. The van der Waals surface area contributed by atoms with Crippen LogP contribution in [-0.4, -0.2) is 17.8 Å². The standard InChI is InChI=1S/C5H8O2/c6-5-1-3-7-4-2-5/h1,3,5-6H,2,4H2/t5-/m1/s1. The van der Waals surface area contributed by atoms with Crippen molar-refractivity contribution in [2.45, 2.75) is 12.5 Å². The molecule has 0 unspecified atom stereocenters. The molecular weight excluding hydrogens is 92.1 g/mol. The van der Waals surface area contributed by atoms with Crippen LogP contribution in [0, 0.1) is 0 Å². The normalized spacial score (nSPS) is 29.6. The Hall–Kier alpha value is -0.500. The van der Waals surface area contributed by atoms with Gasteiger partial charge in [-0.25, -0.2) is 0 Å².